The minimum Gasteiger partial charge on any atom is -0.292 e. The van der Waals surface area contributed by atoms with E-state index in [2.05, 4.69) is 215 Å². The van der Waals surface area contributed by atoms with E-state index in [9.17, 15) is 0 Å². The van der Waals surface area contributed by atoms with E-state index in [1.54, 1.807) is 0 Å². The molecule has 8 aromatic carbocycles. The van der Waals surface area contributed by atoms with Crippen molar-refractivity contribution in [3.05, 3.63) is 243 Å². The first kappa shape index (κ1) is 38.7. The van der Waals surface area contributed by atoms with Crippen molar-refractivity contribution in [3.63, 3.8) is 0 Å². The summed E-state index contributed by atoms with van der Waals surface area (Å²) in [6.07, 6.45) is 0. The zero-order chi connectivity index (χ0) is 43.8. The molecule has 0 aliphatic rings. The van der Waals surface area contributed by atoms with Gasteiger partial charge >= 0.3 is 0 Å². The van der Waals surface area contributed by atoms with Gasteiger partial charge in [0.1, 0.15) is 11.6 Å². The quantitative estimate of drug-likeness (QED) is 0.145. The second-order valence-corrected chi connectivity index (χ2v) is 16.2. The standard InChI is InChI=1S/C60H40N6/c1-5-21-41(22-6-1)51-39-37-47(45-29-13-15-31-49(45)59-63-53-33-17-19-35-55(53)65(59)43-25-9-3-10-26-43)57(61-51)58-48(38-40-52(62-58)42-23-7-2-8-24-42)46-30-14-16-32-50(46)60-64-54-34-18-20-36-56(54)66(60)44-27-11-4-12-28-44/h1-40H. The van der Waals surface area contributed by atoms with E-state index in [-0.39, 0.29) is 0 Å². The Labute approximate surface area is 382 Å². The number of para-hydroxylation sites is 6. The molecule has 12 aromatic rings. The summed E-state index contributed by atoms with van der Waals surface area (Å²) in [6.45, 7) is 0. The number of imidazole rings is 2. The highest BCUT2D eigenvalue weighted by Crippen LogP contribution is 2.45. The topological polar surface area (TPSA) is 61.4 Å². The Morgan fingerprint density at radius 1 is 0.242 bits per heavy atom. The van der Waals surface area contributed by atoms with Crippen LogP contribution < -0.4 is 0 Å². The van der Waals surface area contributed by atoms with Crippen LogP contribution in [0.2, 0.25) is 0 Å². The molecule has 12 rings (SSSR count). The van der Waals surface area contributed by atoms with E-state index in [1.807, 2.05) is 36.4 Å². The summed E-state index contributed by atoms with van der Waals surface area (Å²) < 4.78 is 4.52. The molecule has 4 heterocycles. The molecule has 0 fully saturated rings. The van der Waals surface area contributed by atoms with Gasteiger partial charge in [-0.05, 0) is 83.9 Å². The molecule has 0 N–H and O–H groups in total. The summed E-state index contributed by atoms with van der Waals surface area (Å²) in [5.74, 6) is 1.68. The maximum Gasteiger partial charge on any atom is 0.146 e. The first-order valence-corrected chi connectivity index (χ1v) is 22.2. The summed E-state index contributed by atoms with van der Waals surface area (Å²) in [5, 5.41) is 0. The smallest absolute Gasteiger partial charge is 0.146 e. The van der Waals surface area contributed by atoms with Crippen molar-refractivity contribution < 1.29 is 0 Å². The molecule has 0 bridgehead atoms. The lowest BCUT2D eigenvalue weighted by Gasteiger charge is -2.19. The van der Waals surface area contributed by atoms with Gasteiger partial charge in [0, 0.05) is 44.8 Å². The molecule has 0 saturated heterocycles. The average Bonchev–Trinajstić information content (AvgIpc) is 3.99. The third-order valence-corrected chi connectivity index (χ3v) is 12.2. The van der Waals surface area contributed by atoms with E-state index >= 15 is 0 Å². The van der Waals surface area contributed by atoms with Crippen LogP contribution in [0.15, 0.2) is 243 Å². The summed E-state index contributed by atoms with van der Waals surface area (Å²) in [7, 11) is 0. The van der Waals surface area contributed by atoms with Crippen LogP contribution in [0, 0.1) is 0 Å². The van der Waals surface area contributed by atoms with Crippen molar-refractivity contribution in [3.8, 4) is 90.3 Å². The van der Waals surface area contributed by atoms with Crippen molar-refractivity contribution in [2.75, 3.05) is 0 Å². The number of aromatic nitrogens is 6. The Morgan fingerprint density at radius 3 is 0.985 bits per heavy atom. The largest absolute Gasteiger partial charge is 0.292 e. The van der Waals surface area contributed by atoms with E-state index in [4.69, 9.17) is 19.9 Å². The Hall–Kier alpha value is -9.00. The zero-order valence-corrected chi connectivity index (χ0v) is 35.8. The average molecular weight is 845 g/mol. The van der Waals surface area contributed by atoms with Gasteiger partial charge in [-0.15, -0.1) is 0 Å². The van der Waals surface area contributed by atoms with Crippen LogP contribution in [-0.2, 0) is 0 Å². The molecule has 0 atom stereocenters. The van der Waals surface area contributed by atoms with Gasteiger partial charge in [-0.2, -0.15) is 0 Å². The molecule has 66 heavy (non-hydrogen) atoms. The molecule has 0 spiro atoms. The van der Waals surface area contributed by atoms with Crippen LogP contribution in [0.4, 0.5) is 0 Å². The maximum atomic E-state index is 5.66. The molecule has 0 amide bonds. The number of fused-ring (bicyclic) bond motifs is 2. The molecule has 6 heteroatoms. The van der Waals surface area contributed by atoms with Gasteiger partial charge in [0.25, 0.3) is 0 Å². The molecular weight excluding hydrogens is 805 g/mol. The van der Waals surface area contributed by atoms with Crippen LogP contribution >= 0.6 is 0 Å². The van der Waals surface area contributed by atoms with Gasteiger partial charge in [0.05, 0.1) is 44.8 Å². The van der Waals surface area contributed by atoms with Crippen molar-refractivity contribution in [2.24, 2.45) is 0 Å². The van der Waals surface area contributed by atoms with E-state index in [0.29, 0.717) is 0 Å². The Balaban J connectivity index is 1.15. The number of hydrogen-bond acceptors (Lipinski definition) is 4. The number of benzene rings is 8. The first-order valence-electron chi connectivity index (χ1n) is 22.2. The van der Waals surface area contributed by atoms with Gasteiger partial charge in [-0.25, -0.2) is 19.9 Å². The highest BCUT2D eigenvalue weighted by molar-refractivity contribution is 5.98. The van der Waals surface area contributed by atoms with Crippen LogP contribution in [0.1, 0.15) is 0 Å². The van der Waals surface area contributed by atoms with Crippen molar-refractivity contribution in [2.45, 2.75) is 0 Å². The van der Waals surface area contributed by atoms with Crippen molar-refractivity contribution >= 4 is 22.1 Å². The van der Waals surface area contributed by atoms with Gasteiger partial charge in [-0.3, -0.25) is 9.13 Å². The predicted octanol–water partition coefficient (Wildman–Crippen LogP) is 14.8. The SMILES string of the molecule is c1ccc(-c2ccc(-c3ccccc3-c3nc4ccccc4n3-c3ccccc3)c(-c3nc(-c4ccccc4)ccc3-c3ccccc3-c3nc4ccccc4n3-c3ccccc3)n2)cc1. The lowest BCUT2D eigenvalue weighted by Crippen LogP contribution is -2.02. The summed E-state index contributed by atoms with van der Waals surface area (Å²) >= 11 is 0. The third kappa shape index (κ3) is 6.85. The predicted molar refractivity (Wildman–Crippen MR) is 269 cm³/mol. The third-order valence-electron chi connectivity index (χ3n) is 12.2. The fraction of sp³-hybridized carbons (Fsp3) is 0. The minimum absolute atomic E-state index is 0.755. The lowest BCUT2D eigenvalue weighted by molar-refractivity contribution is 1.10. The normalized spacial score (nSPS) is 11.3. The molecule has 6 nitrogen and oxygen atoms in total. The van der Waals surface area contributed by atoms with Crippen LogP contribution in [0.5, 0.6) is 0 Å². The van der Waals surface area contributed by atoms with E-state index < -0.39 is 0 Å². The summed E-state index contributed by atoms with van der Waals surface area (Å²) in [5.41, 5.74) is 17.0. The first-order chi connectivity index (χ1) is 32.8. The Morgan fingerprint density at radius 2 is 0.576 bits per heavy atom. The highest BCUT2D eigenvalue weighted by atomic mass is 15.1. The van der Waals surface area contributed by atoms with Gasteiger partial charge in [0.15, 0.2) is 0 Å². The lowest BCUT2D eigenvalue weighted by atomic mass is 9.91. The van der Waals surface area contributed by atoms with Gasteiger partial charge < -0.3 is 0 Å². The fourth-order valence-corrected chi connectivity index (χ4v) is 9.17. The molecule has 0 radical (unpaired) electrons. The monoisotopic (exact) mass is 844 g/mol. The second kappa shape index (κ2) is 16.6. The molecule has 310 valence electrons. The number of nitrogens with zero attached hydrogens (tertiary/aromatic N) is 6. The molecule has 4 aromatic heterocycles. The number of hydrogen-bond donors (Lipinski definition) is 0. The molecule has 0 aliphatic carbocycles. The highest BCUT2D eigenvalue weighted by Gasteiger charge is 2.25. The Bertz CT molecular complexity index is 3440. The summed E-state index contributed by atoms with van der Waals surface area (Å²) in [4.78, 5) is 22.0. The van der Waals surface area contributed by atoms with Crippen molar-refractivity contribution in [1.82, 2.24) is 29.1 Å². The molecular formula is C60H40N6. The Kier molecular flexibility index (Phi) is 9.73. The second-order valence-electron chi connectivity index (χ2n) is 16.2. The van der Waals surface area contributed by atoms with E-state index in [0.717, 1.165) is 112 Å². The number of rotatable bonds is 9. The summed E-state index contributed by atoms with van der Waals surface area (Å²) in [6, 6.07) is 84.1. The molecule has 0 aliphatic heterocycles. The minimum atomic E-state index is 0.755. The van der Waals surface area contributed by atoms with Gasteiger partial charge in [0.2, 0.25) is 0 Å². The fourth-order valence-electron chi connectivity index (χ4n) is 9.17. The van der Waals surface area contributed by atoms with Crippen molar-refractivity contribution in [1.29, 1.82) is 0 Å². The number of pyridine rings is 2. The van der Waals surface area contributed by atoms with Crippen LogP contribution in [0.3, 0.4) is 0 Å². The zero-order valence-electron chi connectivity index (χ0n) is 35.8. The van der Waals surface area contributed by atoms with Crippen LogP contribution in [-0.4, -0.2) is 29.1 Å². The van der Waals surface area contributed by atoms with E-state index in [1.165, 1.54) is 0 Å². The molecule has 0 saturated carbocycles. The van der Waals surface area contributed by atoms with Gasteiger partial charge in [-0.1, -0.05) is 170 Å². The van der Waals surface area contributed by atoms with Crippen LogP contribution in [0.25, 0.3) is 112 Å². The molecule has 0 unspecified atom stereocenters. The maximum absolute atomic E-state index is 5.66.